The van der Waals surface area contributed by atoms with E-state index in [2.05, 4.69) is 46.7 Å². The number of fused-ring (bicyclic) bond motifs is 4. The third kappa shape index (κ3) is 7.68. The minimum Gasteiger partial charge on any atom is -0.477 e. The van der Waals surface area contributed by atoms with Crippen LogP contribution in [0.5, 0.6) is 5.88 Å². The van der Waals surface area contributed by atoms with Crippen molar-refractivity contribution >= 4 is 28.7 Å². The lowest BCUT2D eigenvalue weighted by Crippen LogP contribution is -2.40. The fourth-order valence-corrected chi connectivity index (χ4v) is 6.39. The first-order valence-corrected chi connectivity index (χ1v) is 16.1. The summed E-state index contributed by atoms with van der Waals surface area (Å²) >= 11 is 1.09. The molecule has 240 valence electrons. The summed E-state index contributed by atoms with van der Waals surface area (Å²) in [5.74, 6) is 1.37. The van der Waals surface area contributed by atoms with Crippen molar-refractivity contribution in [2.75, 3.05) is 18.1 Å². The Balaban J connectivity index is 0.00000216. The molecular formula is C32H43F3N6O2S. The molecule has 1 saturated carbocycles. The molecule has 1 amide bonds. The Hall–Kier alpha value is -3.28. The number of pyridine rings is 1. The number of rotatable bonds is 6. The van der Waals surface area contributed by atoms with Gasteiger partial charge in [-0.05, 0) is 82.9 Å². The highest BCUT2D eigenvalue weighted by atomic mass is 32.2. The number of aliphatic imine (C=N–C) groups is 1. The predicted octanol–water partition coefficient (Wildman–Crippen LogP) is 8.06. The molecule has 1 saturated heterocycles. The zero-order valence-electron chi connectivity index (χ0n) is 26.0. The van der Waals surface area contributed by atoms with E-state index < -0.39 is 11.6 Å². The van der Waals surface area contributed by atoms with Gasteiger partial charge >= 0.3 is 6.18 Å². The predicted molar refractivity (Wildman–Crippen MR) is 170 cm³/mol. The molecule has 8 nitrogen and oxygen atoms in total. The van der Waals surface area contributed by atoms with E-state index in [4.69, 9.17) is 9.72 Å². The van der Waals surface area contributed by atoms with Gasteiger partial charge in [0.05, 0.1) is 17.6 Å². The molecule has 2 aromatic heterocycles. The summed E-state index contributed by atoms with van der Waals surface area (Å²) in [5, 5.41) is 4.96. The quantitative estimate of drug-likeness (QED) is 0.325. The monoisotopic (exact) mass is 632 g/mol. The minimum atomic E-state index is -4.21. The highest BCUT2D eigenvalue weighted by molar-refractivity contribution is 8.13. The van der Waals surface area contributed by atoms with Crippen molar-refractivity contribution in [1.82, 2.24) is 19.5 Å². The number of amides is 1. The van der Waals surface area contributed by atoms with E-state index in [1.807, 2.05) is 13.8 Å². The number of nitrogens with zero attached hydrogens (tertiary/aromatic N) is 5. The van der Waals surface area contributed by atoms with E-state index in [1.165, 1.54) is 4.68 Å². The molecule has 2 bridgehead atoms. The standard InChI is InChI=1S/C30H37F3N6O2S.C2H6/c1-5-25-34-20(2)8-6-7-9-21-18-28(3,4)38(19-21)26-22(27(40)37-42-25)10-11-23(35-26)39-16-12-24(36-39)41-17-15-29(13-14-29)30(31,32)33;1-2/h5,10-12,16,21H,1-2,6-9,13-15,17-19H2,3-4H3,(H,37,40);1-2H3. The first-order valence-electron chi connectivity index (χ1n) is 15.3. The molecule has 44 heavy (non-hydrogen) atoms. The molecule has 1 atom stereocenters. The molecule has 0 spiro atoms. The highest BCUT2D eigenvalue weighted by Crippen LogP contribution is 2.59. The van der Waals surface area contributed by atoms with Crippen LogP contribution in [0.15, 0.2) is 54.3 Å². The zero-order valence-corrected chi connectivity index (χ0v) is 26.9. The summed E-state index contributed by atoms with van der Waals surface area (Å²) < 4.78 is 49.7. The number of ether oxygens (including phenoxy) is 1. The third-order valence-corrected chi connectivity index (χ3v) is 9.18. The summed E-state index contributed by atoms with van der Waals surface area (Å²) in [6.07, 6.45) is 4.07. The van der Waals surface area contributed by atoms with Crippen molar-refractivity contribution < 1.29 is 22.7 Å². The van der Waals surface area contributed by atoms with E-state index in [1.54, 1.807) is 30.5 Å². The van der Waals surface area contributed by atoms with Crippen molar-refractivity contribution in [1.29, 1.82) is 0 Å². The van der Waals surface area contributed by atoms with E-state index in [0.717, 1.165) is 56.3 Å². The van der Waals surface area contributed by atoms with Gasteiger partial charge in [-0.15, -0.1) is 5.10 Å². The first-order chi connectivity index (χ1) is 20.9. The summed E-state index contributed by atoms with van der Waals surface area (Å²) in [7, 11) is 0. The Kier molecular flexibility index (Phi) is 10.5. The van der Waals surface area contributed by atoms with Crippen LogP contribution in [0.4, 0.5) is 19.0 Å². The minimum absolute atomic E-state index is 0.0708. The van der Waals surface area contributed by atoms with E-state index >= 15 is 0 Å². The summed E-state index contributed by atoms with van der Waals surface area (Å²) in [4.78, 5) is 25.1. The fraction of sp³-hybridized carbons (Fsp3) is 0.562. The van der Waals surface area contributed by atoms with Crippen LogP contribution in [-0.4, -0.2) is 50.6 Å². The Bertz CT molecular complexity index is 1380. The zero-order chi connectivity index (χ0) is 32.1. The number of hydrogen-bond acceptors (Lipinski definition) is 7. The number of halogens is 3. The van der Waals surface area contributed by atoms with Gasteiger partial charge in [0.25, 0.3) is 5.91 Å². The number of hydrogen-bond donors (Lipinski definition) is 1. The van der Waals surface area contributed by atoms with Gasteiger partial charge in [-0.1, -0.05) is 33.4 Å². The van der Waals surface area contributed by atoms with Gasteiger partial charge in [-0.3, -0.25) is 9.52 Å². The van der Waals surface area contributed by atoms with E-state index in [-0.39, 0.29) is 43.2 Å². The van der Waals surface area contributed by atoms with Crippen LogP contribution >= 0.6 is 11.9 Å². The van der Waals surface area contributed by atoms with Crippen molar-refractivity contribution in [2.24, 2.45) is 16.3 Å². The maximum Gasteiger partial charge on any atom is 0.394 e. The van der Waals surface area contributed by atoms with Crippen molar-refractivity contribution in [3.05, 3.63) is 54.9 Å². The number of anilines is 1. The third-order valence-electron chi connectivity index (χ3n) is 8.42. The van der Waals surface area contributed by atoms with Gasteiger partial charge < -0.3 is 9.64 Å². The van der Waals surface area contributed by atoms with Crippen LogP contribution in [0.2, 0.25) is 0 Å². The average molecular weight is 633 g/mol. The Morgan fingerprint density at radius 2 is 1.95 bits per heavy atom. The van der Waals surface area contributed by atoms with Crippen LogP contribution in [-0.2, 0) is 0 Å². The van der Waals surface area contributed by atoms with Gasteiger partial charge in [0.1, 0.15) is 10.9 Å². The second-order valence-corrected chi connectivity index (χ2v) is 12.8. The number of alkyl halides is 3. The van der Waals surface area contributed by atoms with Gasteiger partial charge in [0, 0.05) is 42.0 Å². The average Bonchev–Trinajstić information content (AvgIpc) is 3.54. The number of allylic oxidation sites excluding steroid dienone is 1. The molecule has 2 aliphatic heterocycles. The topological polar surface area (TPSA) is 84.6 Å². The van der Waals surface area contributed by atoms with Crippen LogP contribution in [0.1, 0.15) is 89.4 Å². The fourth-order valence-electron chi connectivity index (χ4n) is 5.83. The van der Waals surface area contributed by atoms with E-state index in [9.17, 15) is 18.0 Å². The molecule has 2 aromatic rings. The molecule has 0 aromatic carbocycles. The molecule has 0 radical (unpaired) electrons. The maximum absolute atomic E-state index is 13.5. The van der Waals surface area contributed by atoms with Crippen LogP contribution in [0.3, 0.4) is 0 Å². The molecule has 1 N–H and O–H groups in total. The molecule has 12 heteroatoms. The lowest BCUT2D eigenvalue weighted by Gasteiger charge is -2.34. The summed E-state index contributed by atoms with van der Waals surface area (Å²) in [5.41, 5.74) is -0.674. The molecule has 1 aliphatic carbocycles. The molecule has 2 fully saturated rings. The molecule has 5 rings (SSSR count). The Morgan fingerprint density at radius 1 is 1.20 bits per heavy atom. The highest BCUT2D eigenvalue weighted by Gasteiger charge is 2.62. The normalized spacial score (nSPS) is 21.5. The van der Waals surface area contributed by atoms with Gasteiger partial charge in [0.15, 0.2) is 5.82 Å². The molecular weight excluding hydrogens is 589 g/mol. The Labute approximate surface area is 262 Å². The lowest BCUT2D eigenvalue weighted by molar-refractivity contribution is -0.190. The number of carbonyl (C=O) groups excluding carboxylic acids is 1. The van der Waals surface area contributed by atoms with Gasteiger partial charge in [-0.25, -0.2) is 14.7 Å². The molecule has 4 heterocycles. The largest absolute Gasteiger partial charge is 0.477 e. The van der Waals surface area contributed by atoms with Crippen molar-refractivity contribution in [3.8, 4) is 11.7 Å². The van der Waals surface area contributed by atoms with E-state index in [0.29, 0.717) is 28.2 Å². The van der Waals surface area contributed by atoms with Crippen molar-refractivity contribution in [3.63, 3.8) is 0 Å². The Morgan fingerprint density at radius 3 is 2.64 bits per heavy atom. The van der Waals surface area contributed by atoms with Gasteiger partial charge in [0.2, 0.25) is 5.88 Å². The smallest absolute Gasteiger partial charge is 0.394 e. The van der Waals surface area contributed by atoms with Crippen LogP contribution in [0, 0.1) is 11.3 Å². The molecule has 1 unspecified atom stereocenters. The summed E-state index contributed by atoms with van der Waals surface area (Å²) in [6.45, 7) is 16.9. The molecule has 3 aliphatic rings. The lowest BCUT2D eigenvalue weighted by atomic mass is 9.92. The van der Waals surface area contributed by atoms with Crippen LogP contribution in [0.25, 0.3) is 5.82 Å². The maximum atomic E-state index is 13.5. The second kappa shape index (κ2) is 13.8. The summed E-state index contributed by atoms with van der Waals surface area (Å²) in [6, 6.07) is 5.02. The first kappa shape index (κ1) is 33.6. The van der Waals surface area contributed by atoms with Gasteiger partial charge in [-0.2, -0.15) is 13.2 Å². The number of nitrogens with one attached hydrogen (secondary N) is 1. The SMILES string of the molecule is C=CC1=NC(=C)CCCCC2CN(c3nc(-n4ccc(OCCC5(C(F)(F)F)CC5)n4)ccc3C(=O)NS1)C(C)(C)C2.CC. The second-order valence-electron chi connectivity index (χ2n) is 12.0. The number of carbonyl (C=O) groups is 1. The van der Waals surface area contributed by atoms with Crippen molar-refractivity contribution in [2.45, 2.75) is 90.8 Å². The number of aromatic nitrogens is 3. The van der Waals surface area contributed by atoms with Crippen LogP contribution < -0.4 is 14.4 Å².